The molecule has 1 rings (SSSR count). The summed E-state index contributed by atoms with van der Waals surface area (Å²) in [6.45, 7) is 4.51. The minimum absolute atomic E-state index is 0.0223. The van der Waals surface area contributed by atoms with Crippen molar-refractivity contribution in [1.82, 2.24) is 4.90 Å². The van der Waals surface area contributed by atoms with Gasteiger partial charge in [-0.1, -0.05) is 6.08 Å². The fourth-order valence-electron chi connectivity index (χ4n) is 1.66. The van der Waals surface area contributed by atoms with Gasteiger partial charge in [0.05, 0.1) is 5.92 Å². The van der Waals surface area contributed by atoms with Crippen molar-refractivity contribution in [2.24, 2.45) is 5.92 Å². The molecule has 0 bridgehead atoms. The molecule has 0 saturated carbocycles. The Hall–Kier alpha value is -1.32. The van der Waals surface area contributed by atoms with E-state index >= 15 is 0 Å². The molecule has 0 radical (unpaired) electrons. The molecule has 0 aromatic heterocycles. The van der Waals surface area contributed by atoms with Crippen LogP contribution in [0.5, 0.6) is 0 Å². The zero-order chi connectivity index (χ0) is 10.6. The maximum Gasteiger partial charge on any atom is 0.308 e. The van der Waals surface area contributed by atoms with Crippen molar-refractivity contribution in [3.05, 3.63) is 12.7 Å². The number of hydrogen-bond donors (Lipinski definition) is 1. The maximum atomic E-state index is 11.4. The van der Waals surface area contributed by atoms with Crippen molar-refractivity contribution in [2.75, 3.05) is 13.1 Å². The highest BCUT2D eigenvalue weighted by atomic mass is 16.4. The third-order valence-electron chi connectivity index (χ3n) is 2.44. The summed E-state index contributed by atoms with van der Waals surface area (Å²) in [5.74, 6) is -1.22. The molecule has 0 unspecified atom stereocenters. The highest BCUT2D eigenvalue weighted by Gasteiger charge is 2.27. The Bertz CT molecular complexity index is 250. The molecule has 0 aliphatic carbocycles. The topological polar surface area (TPSA) is 57.6 Å². The third kappa shape index (κ3) is 2.58. The lowest BCUT2D eigenvalue weighted by atomic mass is 9.98. The molecule has 1 atom stereocenters. The van der Waals surface area contributed by atoms with E-state index in [9.17, 15) is 9.59 Å². The van der Waals surface area contributed by atoms with Gasteiger partial charge in [0.1, 0.15) is 0 Å². The van der Waals surface area contributed by atoms with E-state index in [2.05, 4.69) is 6.58 Å². The van der Waals surface area contributed by atoms with Gasteiger partial charge in [-0.05, 0) is 12.8 Å². The molecular weight excluding hydrogens is 182 g/mol. The van der Waals surface area contributed by atoms with Crippen molar-refractivity contribution in [1.29, 1.82) is 0 Å². The van der Waals surface area contributed by atoms with Crippen LogP contribution in [0.3, 0.4) is 0 Å². The molecular formula is C10H15NO3. The zero-order valence-corrected chi connectivity index (χ0v) is 8.11. The van der Waals surface area contributed by atoms with Crippen molar-refractivity contribution in [3.8, 4) is 0 Å². The SMILES string of the molecule is C=CCC(=O)N1CCC[C@@H](C(=O)O)C1. The average Bonchev–Trinajstić information content (AvgIpc) is 2.18. The van der Waals surface area contributed by atoms with E-state index in [1.807, 2.05) is 0 Å². The summed E-state index contributed by atoms with van der Waals surface area (Å²) in [6.07, 6.45) is 3.30. The predicted octanol–water partition coefficient (Wildman–Crippen LogP) is 0.886. The molecule has 1 fully saturated rings. The molecule has 4 nitrogen and oxygen atoms in total. The molecule has 14 heavy (non-hydrogen) atoms. The quantitative estimate of drug-likeness (QED) is 0.683. The van der Waals surface area contributed by atoms with Crippen LogP contribution in [-0.4, -0.2) is 35.0 Å². The number of hydrogen-bond acceptors (Lipinski definition) is 2. The van der Waals surface area contributed by atoms with Gasteiger partial charge in [-0.3, -0.25) is 9.59 Å². The number of carbonyl (C=O) groups excluding carboxylic acids is 1. The molecule has 1 heterocycles. The number of carboxylic acid groups (broad SMARTS) is 1. The summed E-state index contributed by atoms with van der Waals surface area (Å²) in [5.41, 5.74) is 0. The molecule has 1 aliphatic rings. The lowest BCUT2D eigenvalue weighted by Gasteiger charge is -2.30. The van der Waals surface area contributed by atoms with E-state index < -0.39 is 11.9 Å². The van der Waals surface area contributed by atoms with Crippen LogP contribution >= 0.6 is 0 Å². The monoisotopic (exact) mass is 197 g/mol. The van der Waals surface area contributed by atoms with Gasteiger partial charge in [-0.15, -0.1) is 6.58 Å². The number of aliphatic carboxylic acids is 1. The van der Waals surface area contributed by atoms with Gasteiger partial charge in [0.2, 0.25) is 5.91 Å². The smallest absolute Gasteiger partial charge is 0.308 e. The molecule has 78 valence electrons. The largest absolute Gasteiger partial charge is 0.481 e. The van der Waals surface area contributed by atoms with Crippen molar-refractivity contribution >= 4 is 11.9 Å². The summed E-state index contributed by atoms with van der Waals surface area (Å²) in [6, 6.07) is 0. The first-order valence-electron chi connectivity index (χ1n) is 4.76. The normalized spacial score (nSPS) is 21.7. The summed E-state index contributed by atoms with van der Waals surface area (Å²) in [7, 11) is 0. The van der Waals surface area contributed by atoms with Gasteiger partial charge in [0.25, 0.3) is 0 Å². The number of amides is 1. The number of carbonyl (C=O) groups is 2. The summed E-state index contributed by atoms with van der Waals surface area (Å²) in [4.78, 5) is 23.8. The molecule has 1 saturated heterocycles. The first-order valence-corrected chi connectivity index (χ1v) is 4.76. The summed E-state index contributed by atoms with van der Waals surface area (Å²) in [5, 5.41) is 8.81. The minimum atomic E-state index is -0.805. The van der Waals surface area contributed by atoms with Gasteiger partial charge in [0.15, 0.2) is 0 Å². The van der Waals surface area contributed by atoms with Gasteiger partial charge < -0.3 is 10.0 Å². The second kappa shape index (κ2) is 4.79. The molecule has 1 amide bonds. The first kappa shape index (κ1) is 10.8. The molecule has 1 N–H and O–H groups in total. The number of likely N-dealkylation sites (tertiary alicyclic amines) is 1. The van der Waals surface area contributed by atoms with E-state index in [0.29, 0.717) is 25.9 Å². The minimum Gasteiger partial charge on any atom is -0.481 e. The molecule has 4 heteroatoms. The fourth-order valence-corrected chi connectivity index (χ4v) is 1.66. The second-order valence-corrected chi connectivity index (χ2v) is 3.51. The van der Waals surface area contributed by atoms with Gasteiger partial charge >= 0.3 is 5.97 Å². The standard InChI is InChI=1S/C10H15NO3/c1-2-4-9(12)11-6-3-5-8(7-11)10(13)14/h2,8H,1,3-7H2,(H,13,14)/t8-/m1/s1. The first-order chi connectivity index (χ1) is 6.65. The van der Waals surface area contributed by atoms with Crippen LogP contribution < -0.4 is 0 Å². The van der Waals surface area contributed by atoms with Crippen molar-refractivity contribution in [3.63, 3.8) is 0 Å². The number of rotatable bonds is 3. The van der Waals surface area contributed by atoms with E-state index in [4.69, 9.17) is 5.11 Å². The van der Waals surface area contributed by atoms with E-state index in [1.54, 1.807) is 11.0 Å². The van der Waals surface area contributed by atoms with Gasteiger partial charge in [-0.2, -0.15) is 0 Å². The molecule has 0 aromatic rings. The fraction of sp³-hybridized carbons (Fsp3) is 0.600. The highest BCUT2D eigenvalue weighted by molar-refractivity contribution is 5.79. The van der Waals surface area contributed by atoms with E-state index in [-0.39, 0.29) is 5.91 Å². The Balaban J connectivity index is 2.51. The third-order valence-corrected chi connectivity index (χ3v) is 2.44. The van der Waals surface area contributed by atoms with Crippen LogP contribution in [-0.2, 0) is 9.59 Å². The second-order valence-electron chi connectivity index (χ2n) is 3.51. The Morgan fingerprint density at radius 2 is 2.29 bits per heavy atom. The Kier molecular flexibility index (Phi) is 3.68. The maximum absolute atomic E-state index is 11.4. The molecule has 0 spiro atoms. The molecule has 0 aromatic carbocycles. The molecule has 1 aliphatic heterocycles. The van der Waals surface area contributed by atoms with Crippen LogP contribution in [0.2, 0.25) is 0 Å². The van der Waals surface area contributed by atoms with Crippen LogP contribution in [0.1, 0.15) is 19.3 Å². The van der Waals surface area contributed by atoms with E-state index in [1.165, 1.54) is 0 Å². The highest BCUT2D eigenvalue weighted by Crippen LogP contribution is 2.17. The average molecular weight is 197 g/mol. The summed E-state index contributed by atoms with van der Waals surface area (Å²) >= 11 is 0. The number of carboxylic acids is 1. The lowest BCUT2D eigenvalue weighted by molar-refractivity contribution is -0.145. The zero-order valence-electron chi connectivity index (χ0n) is 8.11. The van der Waals surface area contributed by atoms with Crippen LogP contribution in [0.4, 0.5) is 0 Å². The Labute approximate surface area is 83.2 Å². The van der Waals surface area contributed by atoms with Gasteiger partial charge in [-0.25, -0.2) is 0 Å². The van der Waals surface area contributed by atoms with Crippen molar-refractivity contribution < 1.29 is 14.7 Å². The Morgan fingerprint density at radius 1 is 1.57 bits per heavy atom. The Morgan fingerprint density at radius 3 is 2.86 bits per heavy atom. The van der Waals surface area contributed by atoms with Crippen LogP contribution in [0.25, 0.3) is 0 Å². The lowest BCUT2D eigenvalue weighted by Crippen LogP contribution is -2.42. The predicted molar refractivity (Wildman–Crippen MR) is 51.8 cm³/mol. The summed E-state index contributed by atoms with van der Waals surface area (Å²) < 4.78 is 0. The van der Waals surface area contributed by atoms with E-state index in [0.717, 1.165) is 6.42 Å². The number of nitrogens with zero attached hydrogens (tertiary/aromatic N) is 1. The van der Waals surface area contributed by atoms with Gasteiger partial charge in [0, 0.05) is 19.5 Å². The van der Waals surface area contributed by atoms with Crippen LogP contribution in [0, 0.1) is 5.92 Å². The number of piperidine rings is 1. The van der Waals surface area contributed by atoms with Crippen molar-refractivity contribution in [2.45, 2.75) is 19.3 Å². The van der Waals surface area contributed by atoms with Crippen LogP contribution in [0.15, 0.2) is 12.7 Å².